The maximum absolute atomic E-state index is 11.8. The van der Waals surface area contributed by atoms with Gasteiger partial charge >= 0.3 is 0 Å². The fourth-order valence-electron chi connectivity index (χ4n) is 1.50. The zero-order valence-electron chi connectivity index (χ0n) is 10.1. The number of nitrogens with one attached hydrogen (secondary N) is 1. The quantitative estimate of drug-likeness (QED) is 0.753. The number of amides is 2. The van der Waals surface area contributed by atoms with E-state index >= 15 is 0 Å². The molecule has 0 spiro atoms. The Hall–Kier alpha value is -1.59. The van der Waals surface area contributed by atoms with Crippen LogP contribution in [-0.2, 0) is 4.79 Å². The summed E-state index contributed by atoms with van der Waals surface area (Å²) in [6, 6.07) is 4.54. The van der Waals surface area contributed by atoms with Crippen molar-refractivity contribution in [3.8, 4) is 0 Å². The summed E-state index contributed by atoms with van der Waals surface area (Å²) in [6.45, 7) is 2.18. The smallest absolute Gasteiger partial charge is 0.250 e. The molecule has 2 amide bonds. The second kappa shape index (κ2) is 6.37. The normalized spacial score (nSPS) is 11.9. The number of hydrogen-bond donors (Lipinski definition) is 3. The van der Waals surface area contributed by atoms with Crippen molar-refractivity contribution < 1.29 is 9.59 Å². The van der Waals surface area contributed by atoms with Crippen LogP contribution >= 0.6 is 11.6 Å². The summed E-state index contributed by atoms with van der Waals surface area (Å²) in [6.07, 6.45) is 0.662. The molecular weight excluding hydrogens is 254 g/mol. The number of nitrogens with two attached hydrogens (primary N) is 2. The predicted molar refractivity (Wildman–Crippen MR) is 71.4 cm³/mol. The molecule has 0 aliphatic rings. The Morgan fingerprint density at radius 2 is 2.11 bits per heavy atom. The van der Waals surface area contributed by atoms with Gasteiger partial charge in [-0.25, -0.2) is 0 Å². The monoisotopic (exact) mass is 269 g/mol. The summed E-state index contributed by atoms with van der Waals surface area (Å²) in [7, 11) is 0. The summed E-state index contributed by atoms with van der Waals surface area (Å²) in [4.78, 5) is 22.8. The molecule has 5 nitrogen and oxygen atoms in total. The van der Waals surface area contributed by atoms with Crippen molar-refractivity contribution in [2.75, 3.05) is 11.9 Å². The minimum absolute atomic E-state index is 0.164. The minimum Gasteiger partial charge on any atom is -0.366 e. The van der Waals surface area contributed by atoms with Gasteiger partial charge in [0.2, 0.25) is 11.8 Å². The number of halogens is 1. The fourth-order valence-corrected chi connectivity index (χ4v) is 1.77. The lowest BCUT2D eigenvalue weighted by molar-refractivity contribution is -0.119. The SMILES string of the molecule is CCC(CN)C(=O)Nc1ccc(C(N)=O)c(Cl)c1. The highest BCUT2D eigenvalue weighted by atomic mass is 35.5. The molecule has 18 heavy (non-hydrogen) atoms. The van der Waals surface area contributed by atoms with E-state index < -0.39 is 5.91 Å². The summed E-state index contributed by atoms with van der Waals surface area (Å²) < 4.78 is 0. The second-order valence-corrected chi connectivity index (χ2v) is 4.30. The summed E-state index contributed by atoms with van der Waals surface area (Å²) in [5.41, 5.74) is 11.4. The zero-order valence-corrected chi connectivity index (χ0v) is 10.8. The molecule has 0 bridgehead atoms. The standard InChI is InChI=1S/C12H16ClN3O2/c1-2-7(6-14)12(18)16-8-3-4-9(11(15)17)10(13)5-8/h3-5,7H,2,6,14H2,1H3,(H2,15,17)(H,16,18). The topological polar surface area (TPSA) is 98.2 Å². The average molecular weight is 270 g/mol. The fraction of sp³-hybridized carbons (Fsp3) is 0.333. The van der Waals surface area contributed by atoms with Crippen molar-refractivity contribution in [2.24, 2.45) is 17.4 Å². The third-order valence-corrected chi connectivity index (χ3v) is 2.96. The molecule has 1 aromatic rings. The van der Waals surface area contributed by atoms with E-state index in [9.17, 15) is 9.59 Å². The van der Waals surface area contributed by atoms with E-state index in [1.165, 1.54) is 12.1 Å². The Balaban J connectivity index is 2.83. The van der Waals surface area contributed by atoms with E-state index in [-0.39, 0.29) is 29.0 Å². The van der Waals surface area contributed by atoms with Gasteiger partial charge in [-0.2, -0.15) is 0 Å². The molecule has 1 rings (SSSR count). The van der Waals surface area contributed by atoms with Crippen LogP contribution in [0.4, 0.5) is 5.69 Å². The molecule has 0 heterocycles. The van der Waals surface area contributed by atoms with Gasteiger partial charge in [0.15, 0.2) is 0 Å². The number of rotatable bonds is 5. The third-order valence-electron chi connectivity index (χ3n) is 2.65. The molecule has 0 fully saturated rings. The van der Waals surface area contributed by atoms with Gasteiger partial charge in [0, 0.05) is 12.2 Å². The number of benzene rings is 1. The maximum Gasteiger partial charge on any atom is 0.250 e. The van der Waals surface area contributed by atoms with Crippen molar-refractivity contribution in [2.45, 2.75) is 13.3 Å². The van der Waals surface area contributed by atoms with Crippen LogP contribution in [0.15, 0.2) is 18.2 Å². The highest BCUT2D eigenvalue weighted by molar-refractivity contribution is 6.34. The van der Waals surface area contributed by atoms with Crippen LogP contribution in [0, 0.1) is 5.92 Å². The van der Waals surface area contributed by atoms with Crippen molar-refractivity contribution in [1.29, 1.82) is 0 Å². The molecule has 0 aromatic heterocycles. The molecule has 0 aliphatic carbocycles. The van der Waals surface area contributed by atoms with Gasteiger partial charge in [-0.1, -0.05) is 18.5 Å². The third kappa shape index (κ3) is 3.45. The predicted octanol–water partition coefficient (Wildman–Crippen LogP) is 1.36. The molecule has 0 saturated heterocycles. The van der Waals surface area contributed by atoms with Crippen molar-refractivity contribution >= 4 is 29.1 Å². The van der Waals surface area contributed by atoms with Crippen LogP contribution < -0.4 is 16.8 Å². The Kier molecular flexibility index (Phi) is 5.12. The lowest BCUT2D eigenvalue weighted by atomic mass is 10.1. The number of anilines is 1. The molecule has 98 valence electrons. The van der Waals surface area contributed by atoms with E-state index in [4.69, 9.17) is 23.1 Å². The molecule has 1 atom stereocenters. The Bertz CT molecular complexity index is 459. The van der Waals surface area contributed by atoms with Gasteiger partial charge in [-0.3, -0.25) is 9.59 Å². The minimum atomic E-state index is -0.605. The van der Waals surface area contributed by atoms with Crippen LogP contribution in [0.3, 0.4) is 0 Å². The lowest BCUT2D eigenvalue weighted by Gasteiger charge is -2.13. The zero-order chi connectivity index (χ0) is 13.7. The van der Waals surface area contributed by atoms with Crippen molar-refractivity contribution in [3.63, 3.8) is 0 Å². The first-order valence-electron chi connectivity index (χ1n) is 5.59. The van der Waals surface area contributed by atoms with Gasteiger partial charge in [0.05, 0.1) is 16.5 Å². The number of carbonyl (C=O) groups excluding carboxylic acids is 2. The Morgan fingerprint density at radius 3 is 2.56 bits per heavy atom. The van der Waals surface area contributed by atoms with Gasteiger partial charge in [-0.15, -0.1) is 0 Å². The van der Waals surface area contributed by atoms with E-state index in [1.807, 2.05) is 6.92 Å². The van der Waals surface area contributed by atoms with Crippen molar-refractivity contribution in [1.82, 2.24) is 0 Å². The average Bonchev–Trinajstić information content (AvgIpc) is 2.30. The highest BCUT2D eigenvalue weighted by Crippen LogP contribution is 2.21. The first-order valence-corrected chi connectivity index (χ1v) is 5.97. The molecule has 0 saturated carbocycles. The van der Waals surface area contributed by atoms with Gasteiger partial charge in [-0.05, 0) is 24.6 Å². The van der Waals surface area contributed by atoms with E-state index in [1.54, 1.807) is 6.07 Å². The molecular formula is C12H16ClN3O2. The number of carbonyl (C=O) groups is 2. The van der Waals surface area contributed by atoms with E-state index in [2.05, 4.69) is 5.32 Å². The molecule has 0 aliphatic heterocycles. The van der Waals surface area contributed by atoms with Crippen LogP contribution in [0.2, 0.25) is 5.02 Å². The van der Waals surface area contributed by atoms with Crippen LogP contribution in [0.1, 0.15) is 23.7 Å². The number of hydrogen-bond acceptors (Lipinski definition) is 3. The molecule has 0 radical (unpaired) electrons. The van der Waals surface area contributed by atoms with Crippen LogP contribution in [0.25, 0.3) is 0 Å². The number of primary amides is 1. The van der Waals surface area contributed by atoms with Gasteiger partial charge < -0.3 is 16.8 Å². The molecule has 6 heteroatoms. The van der Waals surface area contributed by atoms with E-state index in [0.717, 1.165) is 0 Å². The molecule has 1 unspecified atom stereocenters. The largest absolute Gasteiger partial charge is 0.366 e. The van der Waals surface area contributed by atoms with Crippen LogP contribution in [0.5, 0.6) is 0 Å². The molecule has 1 aromatic carbocycles. The highest BCUT2D eigenvalue weighted by Gasteiger charge is 2.15. The Morgan fingerprint density at radius 1 is 1.44 bits per heavy atom. The van der Waals surface area contributed by atoms with Crippen LogP contribution in [-0.4, -0.2) is 18.4 Å². The molecule has 5 N–H and O–H groups in total. The first kappa shape index (κ1) is 14.5. The second-order valence-electron chi connectivity index (χ2n) is 3.89. The first-order chi connectivity index (χ1) is 8.49. The van der Waals surface area contributed by atoms with E-state index in [0.29, 0.717) is 12.1 Å². The van der Waals surface area contributed by atoms with Crippen molar-refractivity contribution in [3.05, 3.63) is 28.8 Å². The Labute approximate surface area is 110 Å². The lowest BCUT2D eigenvalue weighted by Crippen LogP contribution is -2.28. The van der Waals surface area contributed by atoms with Gasteiger partial charge in [0.1, 0.15) is 0 Å². The maximum atomic E-state index is 11.8. The summed E-state index contributed by atoms with van der Waals surface area (Å²) in [5.74, 6) is -1.01. The van der Waals surface area contributed by atoms with Gasteiger partial charge in [0.25, 0.3) is 0 Å². The summed E-state index contributed by atoms with van der Waals surface area (Å²) in [5, 5.41) is 2.90. The summed E-state index contributed by atoms with van der Waals surface area (Å²) >= 11 is 5.88.